The van der Waals surface area contributed by atoms with Crippen LogP contribution in [0.3, 0.4) is 0 Å². The van der Waals surface area contributed by atoms with Crippen LogP contribution in [0.2, 0.25) is 0 Å². The molecule has 0 radical (unpaired) electrons. The number of hydrogen-bond acceptors (Lipinski definition) is 4. The number of hydrogen-bond donors (Lipinski definition) is 0. The van der Waals surface area contributed by atoms with Crippen LogP contribution in [0.25, 0.3) is 5.70 Å². The minimum Gasteiger partial charge on any atom is -0.463 e. The van der Waals surface area contributed by atoms with E-state index in [0.29, 0.717) is 16.7 Å². The summed E-state index contributed by atoms with van der Waals surface area (Å²) in [6.45, 7) is 11.3. The number of rotatable bonds is 3. The summed E-state index contributed by atoms with van der Waals surface area (Å²) in [5.41, 5.74) is -0.814. The number of benzene rings is 1. The number of ketones is 1. The monoisotopic (exact) mass is 460 g/mol. The predicted octanol–water partition coefficient (Wildman–Crippen LogP) is 7.86. The molecule has 174 valence electrons. The Labute approximate surface area is 189 Å². The molecule has 0 fully saturated rings. The average molecular weight is 460 g/mol. The highest BCUT2D eigenvalue weighted by atomic mass is 19.2. The lowest BCUT2D eigenvalue weighted by Crippen LogP contribution is -2.28. The van der Waals surface area contributed by atoms with Gasteiger partial charge in [0.1, 0.15) is 5.70 Å². The van der Waals surface area contributed by atoms with Crippen molar-refractivity contribution in [3.8, 4) is 0 Å². The summed E-state index contributed by atoms with van der Waals surface area (Å²) in [5.74, 6) is -6.46. The molecule has 8 heteroatoms. The van der Waals surface area contributed by atoms with E-state index in [9.17, 15) is 22.4 Å². The van der Waals surface area contributed by atoms with E-state index in [-0.39, 0.29) is 23.3 Å². The molecule has 3 rings (SSSR count). The standard InChI is InChI=1S/C25H24F4N2O2/c1-24(2,3)14-10-13(11-15(23(14)32)25(4,5)6)21(18-8-7-9-33-18)30-31-22-19(28)16(26)12-17(27)20(22)29/h7-12H,1-6H3. The third kappa shape index (κ3) is 4.89. The maximum atomic E-state index is 14.1. The Bertz CT molecular complexity index is 1160. The van der Waals surface area contributed by atoms with E-state index in [1.165, 1.54) is 6.26 Å². The van der Waals surface area contributed by atoms with Gasteiger partial charge in [-0.25, -0.2) is 17.6 Å². The van der Waals surface area contributed by atoms with Crippen LogP contribution in [0.15, 0.2) is 68.0 Å². The SMILES string of the molecule is CC(C)(C)C1=CC(=C(N=Nc2c(F)c(F)cc(F)c2F)c2ccco2)C=C(C(C)(C)C)C1=O. The maximum Gasteiger partial charge on any atom is 0.189 e. The van der Waals surface area contributed by atoms with Crippen LogP contribution in [0.4, 0.5) is 23.2 Å². The summed E-state index contributed by atoms with van der Waals surface area (Å²) in [5, 5.41) is 7.40. The zero-order chi connectivity index (χ0) is 24.7. The second-order valence-corrected chi connectivity index (χ2v) is 9.74. The zero-order valence-corrected chi connectivity index (χ0v) is 19.2. The van der Waals surface area contributed by atoms with Gasteiger partial charge in [-0.3, -0.25) is 4.79 Å². The van der Waals surface area contributed by atoms with Crippen molar-refractivity contribution in [3.05, 3.63) is 82.4 Å². The van der Waals surface area contributed by atoms with E-state index in [1.807, 2.05) is 41.5 Å². The highest BCUT2D eigenvalue weighted by Crippen LogP contribution is 2.41. The molecule has 0 saturated heterocycles. The van der Waals surface area contributed by atoms with Gasteiger partial charge < -0.3 is 4.42 Å². The second-order valence-electron chi connectivity index (χ2n) is 9.74. The molecule has 0 atom stereocenters. The number of allylic oxidation sites excluding steroid dienone is 5. The Hall–Kier alpha value is -3.29. The summed E-state index contributed by atoms with van der Waals surface area (Å²) in [6, 6.07) is 3.22. The topological polar surface area (TPSA) is 54.9 Å². The Morgan fingerprint density at radius 1 is 0.879 bits per heavy atom. The fourth-order valence-corrected chi connectivity index (χ4v) is 3.29. The molecule has 0 amide bonds. The van der Waals surface area contributed by atoms with Crippen LogP contribution in [0.5, 0.6) is 0 Å². The lowest BCUT2D eigenvalue weighted by Gasteiger charge is -2.31. The van der Waals surface area contributed by atoms with Crippen molar-refractivity contribution in [1.29, 1.82) is 0 Å². The molecule has 0 unspecified atom stereocenters. The number of Topliss-reactive ketones (excluding diaryl/α,β-unsaturated/α-hetero) is 1. The molecule has 1 aliphatic carbocycles. The summed E-state index contributed by atoms with van der Waals surface area (Å²) in [6.07, 6.45) is 4.60. The number of furan rings is 1. The first-order valence-corrected chi connectivity index (χ1v) is 10.2. The third-order valence-corrected chi connectivity index (χ3v) is 5.07. The highest BCUT2D eigenvalue weighted by Gasteiger charge is 2.35. The smallest absolute Gasteiger partial charge is 0.189 e. The first-order valence-electron chi connectivity index (χ1n) is 10.2. The Morgan fingerprint density at radius 2 is 1.39 bits per heavy atom. The van der Waals surface area contributed by atoms with Crippen LogP contribution < -0.4 is 0 Å². The average Bonchev–Trinajstić information content (AvgIpc) is 3.22. The molecule has 1 aromatic carbocycles. The van der Waals surface area contributed by atoms with Gasteiger partial charge in [0.25, 0.3) is 0 Å². The molecule has 0 spiro atoms. The fraction of sp³-hybridized carbons (Fsp3) is 0.320. The lowest BCUT2D eigenvalue weighted by molar-refractivity contribution is -0.114. The molecule has 0 bridgehead atoms. The van der Waals surface area contributed by atoms with E-state index in [0.717, 1.165) is 0 Å². The predicted molar refractivity (Wildman–Crippen MR) is 117 cm³/mol. The minimum atomic E-state index is -1.67. The molecule has 0 saturated carbocycles. The zero-order valence-electron chi connectivity index (χ0n) is 19.2. The first kappa shape index (κ1) is 24.4. The molecule has 1 aromatic heterocycles. The van der Waals surface area contributed by atoms with Crippen LogP contribution >= 0.6 is 0 Å². The van der Waals surface area contributed by atoms with Crippen molar-refractivity contribution in [3.63, 3.8) is 0 Å². The molecule has 4 nitrogen and oxygen atoms in total. The van der Waals surface area contributed by atoms with Crippen molar-refractivity contribution < 1.29 is 26.8 Å². The number of carbonyl (C=O) groups is 1. The van der Waals surface area contributed by atoms with Gasteiger partial charge in [-0.1, -0.05) is 41.5 Å². The largest absolute Gasteiger partial charge is 0.463 e. The van der Waals surface area contributed by atoms with E-state index < -0.39 is 39.8 Å². The van der Waals surface area contributed by atoms with E-state index in [2.05, 4.69) is 10.2 Å². The molecular weight excluding hydrogens is 436 g/mol. The Kier molecular flexibility index (Phi) is 6.33. The number of azo groups is 1. The van der Waals surface area contributed by atoms with E-state index in [1.54, 1.807) is 24.3 Å². The van der Waals surface area contributed by atoms with Gasteiger partial charge in [-0.15, -0.1) is 10.2 Å². The summed E-state index contributed by atoms with van der Waals surface area (Å²) in [7, 11) is 0. The van der Waals surface area contributed by atoms with Crippen molar-refractivity contribution in [2.45, 2.75) is 41.5 Å². The fourth-order valence-electron chi connectivity index (χ4n) is 3.29. The van der Waals surface area contributed by atoms with Gasteiger partial charge in [-0.05, 0) is 35.1 Å². The van der Waals surface area contributed by atoms with Crippen molar-refractivity contribution >= 4 is 17.2 Å². The van der Waals surface area contributed by atoms with Gasteiger partial charge in [0, 0.05) is 22.8 Å². The van der Waals surface area contributed by atoms with Gasteiger partial charge in [-0.2, -0.15) is 0 Å². The number of halogens is 4. The quantitative estimate of drug-likeness (QED) is 0.266. The lowest BCUT2D eigenvalue weighted by atomic mass is 9.71. The van der Waals surface area contributed by atoms with Crippen LogP contribution in [0.1, 0.15) is 47.3 Å². The Balaban J connectivity index is 2.31. The van der Waals surface area contributed by atoms with Gasteiger partial charge >= 0.3 is 0 Å². The van der Waals surface area contributed by atoms with Crippen molar-refractivity contribution in [2.75, 3.05) is 0 Å². The van der Waals surface area contributed by atoms with E-state index in [4.69, 9.17) is 4.42 Å². The molecule has 2 aromatic rings. The summed E-state index contributed by atoms with van der Waals surface area (Å²) >= 11 is 0. The van der Waals surface area contributed by atoms with Crippen molar-refractivity contribution in [2.24, 2.45) is 21.1 Å². The van der Waals surface area contributed by atoms with Gasteiger partial charge in [0.05, 0.1) is 6.26 Å². The van der Waals surface area contributed by atoms with E-state index >= 15 is 0 Å². The minimum absolute atomic E-state index is 0.0412. The molecular formula is C25H24F4N2O2. The van der Waals surface area contributed by atoms with Gasteiger partial charge in [0.2, 0.25) is 0 Å². The molecule has 33 heavy (non-hydrogen) atoms. The van der Waals surface area contributed by atoms with Crippen LogP contribution in [-0.4, -0.2) is 5.78 Å². The van der Waals surface area contributed by atoms with Gasteiger partial charge in [0.15, 0.2) is 40.5 Å². The Morgan fingerprint density at radius 3 is 1.82 bits per heavy atom. The van der Waals surface area contributed by atoms with Crippen LogP contribution in [0, 0.1) is 34.1 Å². The molecule has 1 heterocycles. The summed E-state index contributed by atoms with van der Waals surface area (Å²) in [4.78, 5) is 13.2. The number of nitrogens with zero attached hydrogens (tertiary/aromatic N) is 2. The van der Waals surface area contributed by atoms with Crippen molar-refractivity contribution in [1.82, 2.24) is 0 Å². The molecule has 0 aliphatic heterocycles. The van der Waals surface area contributed by atoms with Crippen LogP contribution in [-0.2, 0) is 4.79 Å². The normalized spacial score (nSPS) is 15.2. The third-order valence-electron chi connectivity index (χ3n) is 5.07. The highest BCUT2D eigenvalue weighted by molar-refractivity contribution is 6.12. The second kappa shape index (κ2) is 8.57. The maximum absolute atomic E-state index is 14.1. The molecule has 0 N–H and O–H groups in total. The molecule has 1 aliphatic rings. The first-order chi connectivity index (χ1) is 15.2. The number of carbonyl (C=O) groups excluding carboxylic acids is 1. The summed E-state index contributed by atoms with van der Waals surface area (Å²) < 4.78 is 60.9.